The van der Waals surface area contributed by atoms with Gasteiger partial charge in [0.25, 0.3) is 0 Å². The summed E-state index contributed by atoms with van der Waals surface area (Å²) in [7, 11) is 0. The van der Waals surface area contributed by atoms with Crippen LogP contribution in [0.2, 0.25) is 0 Å². The Labute approximate surface area is 112 Å². The van der Waals surface area contributed by atoms with Gasteiger partial charge in [0.2, 0.25) is 0 Å². The van der Waals surface area contributed by atoms with E-state index in [2.05, 4.69) is 30.3 Å². The van der Waals surface area contributed by atoms with Crippen LogP contribution in [-0.4, -0.2) is 6.54 Å². The van der Waals surface area contributed by atoms with Crippen LogP contribution in [0.4, 0.5) is 0 Å². The zero-order valence-electron chi connectivity index (χ0n) is 10.8. The van der Waals surface area contributed by atoms with E-state index < -0.39 is 0 Å². The molecular formula is C17H17NO. The van der Waals surface area contributed by atoms with E-state index in [1.807, 2.05) is 24.5 Å². The molecule has 2 heteroatoms. The highest BCUT2D eigenvalue weighted by Gasteiger charge is 2.05. The lowest BCUT2D eigenvalue weighted by Gasteiger charge is -2.02. The first-order chi connectivity index (χ1) is 9.36. The Bertz CT molecular complexity index is 667. The highest BCUT2D eigenvalue weighted by atomic mass is 16.3. The van der Waals surface area contributed by atoms with E-state index >= 15 is 0 Å². The normalized spacial score (nSPS) is 11.0. The number of hydrogen-bond donors (Lipinski definition) is 1. The molecule has 0 unspecified atom stereocenters. The van der Waals surface area contributed by atoms with Gasteiger partial charge in [-0.2, -0.15) is 0 Å². The predicted molar refractivity (Wildman–Crippen MR) is 78.2 cm³/mol. The smallest absolute Gasteiger partial charge is 0.134 e. The number of nitrogens with two attached hydrogens (primary N) is 1. The van der Waals surface area contributed by atoms with Gasteiger partial charge in [0.1, 0.15) is 5.58 Å². The van der Waals surface area contributed by atoms with Gasteiger partial charge >= 0.3 is 0 Å². The lowest BCUT2D eigenvalue weighted by molar-refractivity contribution is 0.611. The fraction of sp³-hybridized carbons (Fsp3) is 0.176. The van der Waals surface area contributed by atoms with E-state index in [4.69, 9.17) is 10.2 Å². The van der Waals surface area contributed by atoms with E-state index in [-0.39, 0.29) is 0 Å². The average Bonchev–Trinajstić information content (AvgIpc) is 2.85. The molecule has 1 heterocycles. The maximum atomic E-state index is 5.57. The van der Waals surface area contributed by atoms with Crippen molar-refractivity contribution < 1.29 is 4.42 Å². The van der Waals surface area contributed by atoms with Crippen molar-refractivity contribution in [3.8, 4) is 0 Å². The number of rotatable bonds is 4. The van der Waals surface area contributed by atoms with Crippen LogP contribution >= 0.6 is 0 Å². The molecule has 3 aromatic rings. The van der Waals surface area contributed by atoms with Gasteiger partial charge in [-0.15, -0.1) is 0 Å². The summed E-state index contributed by atoms with van der Waals surface area (Å²) in [5, 5.41) is 1.20. The minimum atomic E-state index is 0.700. The topological polar surface area (TPSA) is 39.2 Å². The van der Waals surface area contributed by atoms with E-state index in [1.54, 1.807) is 0 Å². The number of furan rings is 1. The third kappa shape index (κ3) is 2.54. The van der Waals surface area contributed by atoms with Crippen LogP contribution < -0.4 is 5.73 Å². The third-order valence-electron chi connectivity index (χ3n) is 3.41. The van der Waals surface area contributed by atoms with Crippen LogP contribution in [0.5, 0.6) is 0 Å². The minimum absolute atomic E-state index is 0.700. The Balaban J connectivity index is 1.84. The molecule has 0 fully saturated rings. The number of benzene rings is 2. The van der Waals surface area contributed by atoms with Gasteiger partial charge in [0.15, 0.2) is 0 Å². The van der Waals surface area contributed by atoms with Crippen molar-refractivity contribution >= 4 is 11.0 Å². The molecule has 0 aliphatic heterocycles. The Morgan fingerprint density at radius 1 is 0.895 bits per heavy atom. The van der Waals surface area contributed by atoms with Crippen molar-refractivity contribution in [1.82, 2.24) is 0 Å². The summed E-state index contributed by atoms with van der Waals surface area (Å²) >= 11 is 0. The summed E-state index contributed by atoms with van der Waals surface area (Å²) < 4.78 is 5.57. The predicted octanol–water partition coefficient (Wildman–Crippen LogP) is 3.52. The van der Waals surface area contributed by atoms with Crippen LogP contribution in [-0.2, 0) is 12.8 Å². The highest BCUT2D eigenvalue weighted by Crippen LogP contribution is 2.23. The van der Waals surface area contributed by atoms with E-state index in [1.165, 1.54) is 22.1 Å². The first-order valence-electron chi connectivity index (χ1n) is 6.60. The molecule has 0 saturated heterocycles. The second kappa shape index (κ2) is 5.29. The molecule has 19 heavy (non-hydrogen) atoms. The second-order valence-corrected chi connectivity index (χ2v) is 4.79. The van der Waals surface area contributed by atoms with Crippen LogP contribution in [0.1, 0.15) is 16.7 Å². The third-order valence-corrected chi connectivity index (χ3v) is 3.41. The van der Waals surface area contributed by atoms with Crippen molar-refractivity contribution in [2.75, 3.05) is 6.54 Å². The van der Waals surface area contributed by atoms with Crippen LogP contribution in [0, 0.1) is 0 Å². The van der Waals surface area contributed by atoms with Crippen LogP contribution in [0.25, 0.3) is 11.0 Å². The monoisotopic (exact) mass is 251 g/mol. The fourth-order valence-corrected chi connectivity index (χ4v) is 2.38. The zero-order chi connectivity index (χ0) is 13.1. The zero-order valence-corrected chi connectivity index (χ0v) is 10.8. The van der Waals surface area contributed by atoms with Gasteiger partial charge in [0, 0.05) is 17.4 Å². The maximum Gasteiger partial charge on any atom is 0.134 e. The Hall–Kier alpha value is -2.06. The summed E-state index contributed by atoms with van der Waals surface area (Å²) in [5.41, 5.74) is 10.3. The quantitative estimate of drug-likeness (QED) is 0.770. The van der Waals surface area contributed by atoms with E-state index in [0.29, 0.717) is 6.54 Å². The standard InChI is InChI=1S/C17H17NO/c18-10-9-13-5-7-14(8-6-13)11-15-12-19-17-4-2-1-3-16(15)17/h1-8,12H,9-11,18H2. The lowest BCUT2D eigenvalue weighted by Crippen LogP contribution is -2.02. The molecule has 0 bridgehead atoms. The second-order valence-electron chi connectivity index (χ2n) is 4.79. The molecule has 1 aromatic heterocycles. The van der Waals surface area contributed by atoms with Gasteiger partial charge in [-0.1, -0.05) is 42.5 Å². The minimum Gasteiger partial charge on any atom is -0.464 e. The summed E-state index contributed by atoms with van der Waals surface area (Å²) in [4.78, 5) is 0. The van der Waals surface area contributed by atoms with Crippen molar-refractivity contribution in [3.63, 3.8) is 0 Å². The lowest BCUT2D eigenvalue weighted by atomic mass is 10.0. The molecule has 3 rings (SSSR count). The van der Waals surface area contributed by atoms with Gasteiger partial charge in [-0.3, -0.25) is 0 Å². The largest absolute Gasteiger partial charge is 0.464 e. The van der Waals surface area contributed by atoms with Crippen molar-refractivity contribution in [3.05, 3.63) is 71.5 Å². The number of hydrogen-bond acceptors (Lipinski definition) is 2. The maximum absolute atomic E-state index is 5.57. The molecular weight excluding hydrogens is 234 g/mol. The molecule has 2 aromatic carbocycles. The molecule has 2 N–H and O–H groups in total. The molecule has 0 aliphatic carbocycles. The van der Waals surface area contributed by atoms with E-state index in [0.717, 1.165) is 18.4 Å². The van der Waals surface area contributed by atoms with Crippen LogP contribution in [0.15, 0.2) is 59.2 Å². The van der Waals surface area contributed by atoms with Crippen molar-refractivity contribution in [2.45, 2.75) is 12.8 Å². The van der Waals surface area contributed by atoms with Crippen molar-refractivity contribution in [1.29, 1.82) is 0 Å². The summed E-state index contributed by atoms with van der Waals surface area (Å²) in [6.45, 7) is 0.700. The molecule has 2 nitrogen and oxygen atoms in total. The molecule has 0 saturated carbocycles. The molecule has 0 atom stereocenters. The molecule has 0 amide bonds. The number of fused-ring (bicyclic) bond motifs is 1. The summed E-state index contributed by atoms with van der Waals surface area (Å²) in [6, 6.07) is 16.8. The molecule has 0 aliphatic rings. The molecule has 96 valence electrons. The SMILES string of the molecule is NCCc1ccc(Cc2coc3ccccc23)cc1. The van der Waals surface area contributed by atoms with Crippen LogP contribution in [0.3, 0.4) is 0 Å². The fourth-order valence-electron chi connectivity index (χ4n) is 2.38. The van der Waals surface area contributed by atoms with Gasteiger partial charge in [0.05, 0.1) is 6.26 Å². The summed E-state index contributed by atoms with van der Waals surface area (Å²) in [6.07, 6.45) is 3.70. The van der Waals surface area contributed by atoms with Gasteiger partial charge in [-0.05, 0) is 30.2 Å². The van der Waals surface area contributed by atoms with Gasteiger partial charge in [-0.25, -0.2) is 0 Å². The molecule has 0 radical (unpaired) electrons. The van der Waals surface area contributed by atoms with E-state index in [9.17, 15) is 0 Å². The highest BCUT2D eigenvalue weighted by molar-refractivity contribution is 5.81. The number of para-hydroxylation sites is 1. The summed E-state index contributed by atoms with van der Waals surface area (Å²) in [5.74, 6) is 0. The first-order valence-corrected chi connectivity index (χ1v) is 6.60. The Morgan fingerprint density at radius 2 is 1.63 bits per heavy atom. The average molecular weight is 251 g/mol. The van der Waals surface area contributed by atoms with Crippen molar-refractivity contribution in [2.24, 2.45) is 5.73 Å². The Kier molecular flexibility index (Phi) is 3.34. The van der Waals surface area contributed by atoms with Gasteiger partial charge < -0.3 is 10.2 Å². The molecule has 0 spiro atoms. The Morgan fingerprint density at radius 3 is 2.42 bits per heavy atom. The first kappa shape index (κ1) is 12.0.